The minimum absolute atomic E-state index is 0.00835. The van der Waals surface area contributed by atoms with Gasteiger partial charge in [-0.2, -0.15) is 13.2 Å². The normalized spacial score (nSPS) is 16.4. The Morgan fingerprint density at radius 1 is 1.04 bits per heavy atom. The van der Waals surface area contributed by atoms with Crippen LogP contribution in [-0.4, -0.2) is 115 Å². The number of esters is 1. The molecule has 13 nitrogen and oxygen atoms in total. The first-order valence-corrected chi connectivity index (χ1v) is 17.9. The first-order valence-electron chi connectivity index (χ1n) is 17.9. The summed E-state index contributed by atoms with van der Waals surface area (Å²) >= 11 is 0. The standard InChI is InChI=1S/C38H50F3N5O8/c1-6-53-35(49)30-24-45(23-29(30)34(47)48)16-18-52-20-19-51-17-13-26-22-44(5)15-12-31(26)43-32-10-7-11-33-28(32)21-27(46(33)25-38(39,40)41)9-8-14-42-36(50)54-37(2,3)4/h7,10-11,21,23-24,26,31,43H,6,12-20,22,25H2,1-5H3,(H,42,50)(H,47,48). The number of halogens is 3. The molecule has 0 radical (unpaired) electrons. The number of carbonyl (C=O) groups is 3. The van der Waals surface area contributed by atoms with Gasteiger partial charge >= 0.3 is 24.2 Å². The zero-order valence-electron chi connectivity index (χ0n) is 31.4. The predicted octanol–water partition coefficient (Wildman–Crippen LogP) is 5.61. The van der Waals surface area contributed by atoms with E-state index >= 15 is 0 Å². The van der Waals surface area contributed by atoms with Crippen molar-refractivity contribution >= 4 is 34.6 Å². The first kappa shape index (κ1) is 42.0. The summed E-state index contributed by atoms with van der Waals surface area (Å²) in [6.45, 7) is 9.09. The summed E-state index contributed by atoms with van der Waals surface area (Å²) in [5.41, 5.74) is 0.454. The molecule has 1 aliphatic rings. The topological polar surface area (TPSA) is 146 Å². The summed E-state index contributed by atoms with van der Waals surface area (Å²) in [5.74, 6) is 3.85. The number of rotatable bonds is 16. The maximum Gasteiger partial charge on any atom is 0.408 e. The van der Waals surface area contributed by atoms with Crippen LogP contribution in [0.5, 0.6) is 0 Å². The maximum absolute atomic E-state index is 13.7. The second-order valence-electron chi connectivity index (χ2n) is 14.1. The van der Waals surface area contributed by atoms with E-state index in [-0.39, 0.29) is 48.5 Å². The number of amides is 1. The molecule has 4 rings (SSSR count). The number of carbonyl (C=O) groups excluding carboxylic acids is 2. The Bertz CT molecular complexity index is 1800. The van der Waals surface area contributed by atoms with Crippen LogP contribution in [-0.2, 0) is 32.0 Å². The lowest BCUT2D eigenvalue weighted by Crippen LogP contribution is -2.45. The lowest BCUT2D eigenvalue weighted by molar-refractivity contribution is -0.140. The summed E-state index contributed by atoms with van der Waals surface area (Å²) in [6.07, 6.45) is -0.760. The molecule has 1 saturated heterocycles. The van der Waals surface area contributed by atoms with E-state index < -0.39 is 36.4 Å². The molecule has 1 amide bonds. The van der Waals surface area contributed by atoms with Gasteiger partial charge in [-0.15, -0.1) is 0 Å². The fourth-order valence-electron chi connectivity index (χ4n) is 6.23. The number of hydrogen-bond donors (Lipinski definition) is 3. The number of hydrogen-bond acceptors (Lipinski definition) is 9. The van der Waals surface area contributed by atoms with Crippen LogP contribution < -0.4 is 10.6 Å². The SMILES string of the molecule is CCOC(=O)c1cn(CCOCCOCCC2CN(C)CCC2Nc2cccc3c2cc(C#CCNC(=O)OC(C)(C)C)n3CC(F)(F)F)cc1C(=O)O. The summed E-state index contributed by atoms with van der Waals surface area (Å²) in [6, 6.07) is 6.93. The number of benzene rings is 1. The van der Waals surface area contributed by atoms with E-state index in [1.165, 1.54) is 12.4 Å². The average Bonchev–Trinajstić information content (AvgIpc) is 3.66. The van der Waals surface area contributed by atoms with E-state index in [1.54, 1.807) is 50.5 Å². The molecule has 3 N–H and O–H groups in total. The Hall–Kier alpha value is -4.72. The number of aromatic carboxylic acids is 1. The second-order valence-corrected chi connectivity index (χ2v) is 14.1. The number of alkyl halides is 3. The number of nitrogens with zero attached hydrogens (tertiary/aromatic N) is 3. The highest BCUT2D eigenvalue weighted by Crippen LogP contribution is 2.32. The molecule has 0 bridgehead atoms. The van der Waals surface area contributed by atoms with Gasteiger partial charge in [0, 0.05) is 49.2 Å². The van der Waals surface area contributed by atoms with Gasteiger partial charge in [-0.05, 0) is 84.2 Å². The van der Waals surface area contributed by atoms with Crippen molar-refractivity contribution in [2.45, 2.75) is 71.4 Å². The van der Waals surface area contributed by atoms with Gasteiger partial charge in [0.05, 0.1) is 55.3 Å². The van der Waals surface area contributed by atoms with E-state index in [0.29, 0.717) is 43.0 Å². The fraction of sp³-hybridized carbons (Fsp3) is 0.553. The molecule has 16 heteroatoms. The van der Waals surface area contributed by atoms with E-state index in [4.69, 9.17) is 18.9 Å². The van der Waals surface area contributed by atoms with Gasteiger partial charge in [0.25, 0.3) is 0 Å². The van der Waals surface area contributed by atoms with Crippen LogP contribution in [0.25, 0.3) is 10.9 Å². The average molecular weight is 762 g/mol. The molecule has 0 spiro atoms. The monoisotopic (exact) mass is 761 g/mol. The summed E-state index contributed by atoms with van der Waals surface area (Å²) in [7, 11) is 2.05. The second kappa shape index (κ2) is 19.0. The molecule has 54 heavy (non-hydrogen) atoms. The number of alkyl carbamates (subject to hydrolysis) is 1. The van der Waals surface area contributed by atoms with E-state index in [9.17, 15) is 32.7 Å². The third-order valence-corrected chi connectivity index (χ3v) is 8.60. The predicted molar refractivity (Wildman–Crippen MR) is 196 cm³/mol. The van der Waals surface area contributed by atoms with E-state index in [2.05, 4.69) is 34.4 Å². The molecule has 3 aromatic rings. The van der Waals surface area contributed by atoms with Crippen LogP contribution in [0, 0.1) is 17.8 Å². The van der Waals surface area contributed by atoms with Crippen LogP contribution in [0.1, 0.15) is 66.9 Å². The largest absolute Gasteiger partial charge is 0.478 e. The summed E-state index contributed by atoms with van der Waals surface area (Å²) in [4.78, 5) is 37.8. The Kier molecular flexibility index (Phi) is 14.8. The number of aromatic nitrogens is 2. The lowest BCUT2D eigenvalue weighted by atomic mass is 9.89. The Morgan fingerprint density at radius 3 is 2.44 bits per heavy atom. The van der Waals surface area contributed by atoms with Gasteiger partial charge in [0.1, 0.15) is 12.1 Å². The number of nitrogens with one attached hydrogen (secondary N) is 2. The maximum atomic E-state index is 13.7. The first-order chi connectivity index (χ1) is 25.5. The number of carboxylic acid groups (broad SMARTS) is 1. The zero-order chi connectivity index (χ0) is 39.5. The van der Waals surface area contributed by atoms with Crippen molar-refractivity contribution in [1.29, 1.82) is 0 Å². The van der Waals surface area contributed by atoms with Crippen LogP contribution in [0.2, 0.25) is 0 Å². The molecule has 2 atom stereocenters. The molecule has 1 aliphatic heterocycles. The molecular formula is C38H50F3N5O8. The number of likely N-dealkylation sites (tertiary alicyclic amines) is 1. The van der Waals surface area contributed by atoms with Crippen molar-refractivity contribution in [3.8, 4) is 11.8 Å². The summed E-state index contributed by atoms with van der Waals surface area (Å²) < 4.78 is 65.6. The Morgan fingerprint density at radius 2 is 1.76 bits per heavy atom. The fourth-order valence-corrected chi connectivity index (χ4v) is 6.23. The minimum Gasteiger partial charge on any atom is -0.478 e. The van der Waals surface area contributed by atoms with Crippen molar-refractivity contribution in [2.24, 2.45) is 5.92 Å². The number of anilines is 1. The Balaban J connectivity index is 1.33. The molecule has 2 unspecified atom stereocenters. The number of piperidine rings is 1. The molecule has 1 fully saturated rings. The minimum atomic E-state index is -4.48. The van der Waals surface area contributed by atoms with Crippen molar-refractivity contribution in [1.82, 2.24) is 19.4 Å². The summed E-state index contributed by atoms with van der Waals surface area (Å²) in [5, 5.41) is 16.2. The number of ether oxygens (including phenoxy) is 4. The highest BCUT2D eigenvalue weighted by molar-refractivity contribution is 6.02. The van der Waals surface area contributed by atoms with Gasteiger partial charge in [0.15, 0.2) is 0 Å². The number of carboxylic acids is 1. The van der Waals surface area contributed by atoms with Crippen LogP contribution in [0.4, 0.5) is 23.7 Å². The van der Waals surface area contributed by atoms with Crippen molar-refractivity contribution in [2.75, 3.05) is 65.0 Å². The van der Waals surface area contributed by atoms with Gasteiger partial charge < -0.3 is 48.7 Å². The molecule has 1 aromatic carbocycles. The van der Waals surface area contributed by atoms with Gasteiger partial charge in [0.2, 0.25) is 0 Å². The molecule has 3 heterocycles. The molecule has 296 valence electrons. The molecule has 2 aromatic heterocycles. The highest BCUT2D eigenvalue weighted by Gasteiger charge is 2.31. The lowest BCUT2D eigenvalue weighted by Gasteiger charge is -2.38. The quantitative estimate of drug-likeness (QED) is 0.0957. The molecular weight excluding hydrogens is 711 g/mol. The highest BCUT2D eigenvalue weighted by atomic mass is 19.4. The van der Waals surface area contributed by atoms with Crippen LogP contribution in [0.3, 0.4) is 0 Å². The third kappa shape index (κ3) is 12.7. The number of fused-ring (bicyclic) bond motifs is 1. The molecule has 0 saturated carbocycles. The van der Waals surface area contributed by atoms with Gasteiger partial charge in [-0.3, -0.25) is 0 Å². The van der Waals surface area contributed by atoms with Crippen molar-refractivity contribution in [3.05, 3.63) is 53.5 Å². The third-order valence-electron chi connectivity index (χ3n) is 8.60. The van der Waals surface area contributed by atoms with Crippen LogP contribution in [0.15, 0.2) is 36.7 Å². The Labute approximate surface area is 313 Å². The van der Waals surface area contributed by atoms with Crippen LogP contribution >= 0.6 is 0 Å². The van der Waals surface area contributed by atoms with E-state index in [0.717, 1.165) is 30.5 Å². The smallest absolute Gasteiger partial charge is 0.408 e. The van der Waals surface area contributed by atoms with Gasteiger partial charge in [-0.25, -0.2) is 14.4 Å². The van der Waals surface area contributed by atoms with Crippen molar-refractivity contribution in [3.63, 3.8) is 0 Å². The van der Waals surface area contributed by atoms with Crippen molar-refractivity contribution < 1.29 is 51.6 Å². The molecule has 0 aliphatic carbocycles. The van der Waals surface area contributed by atoms with Gasteiger partial charge in [-0.1, -0.05) is 12.0 Å². The zero-order valence-corrected chi connectivity index (χ0v) is 31.4. The van der Waals surface area contributed by atoms with E-state index in [1.807, 2.05) is 6.07 Å².